The molecule has 2 aromatic heterocycles. The van der Waals surface area contributed by atoms with Crippen molar-refractivity contribution in [3.05, 3.63) is 71.6 Å². The molecule has 1 aliphatic carbocycles. The van der Waals surface area contributed by atoms with Crippen LogP contribution in [0.5, 0.6) is 0 Å². The number of fused-ring (bicyclic) bond motifs is 3. The van der Waals surface area contributed by atoms with Crippen molar-refractivity contribution in [1.82, 2.24) is 40.1 Å². The van der Waals surface area contributed by atoms with Crippen LogP contribution >= 0.6 is 0 Å². The number of nitrogens with zero attached hydrogens (tertiary/aromatic N) is 5. The molecule has 2 fully saturated rings. The van der Waals surface area contributed by atoms with Gasteiger partial charge in [0.25, 0.3) is 0 Å². The Morgan fingerprint density at radius 1 is 0.763 bits per heavy atom. The third-order valence-corrected chi connectivity index (χ3v) is 12.0. The second-order valence-corrected chi connectivity index (χ2v) is 16.5. The summed E-state index contributed by atoms with van der Waals surface area (Å²) in [5.41, 5.74) is 7.54. The molecule has 0 spiro atoms. The number of carbonyl (C=O) groups excluding carboxylic acids is 4. The molecule has 2 aliphatic heterocycles. The molecule has 7 rings (SSSR count). The maximum atomic E-state index is 13.8. The summed E-state index contributed by atoms with van der Waals surface area (Å²) in [6.07, 6.45) is 6.90. The normalized spacial score (nSPS) is 18.8. The number of ether oxygens (including phenoxy) is 2. The van der Waals surface area contributed by atoms with E-state index >= 15 is 0 Å². The topological polar surface area (TPSA) is 184 Å². The Labute approximate surface area is 344 Å². The van der Waals surface area contributed by atoms with Crippen molar-refractivity contribution < 1.29 is 33.9 Å². The largest absolute Gasteiger partial charge is 0.453 e. The molecule has 0 saturated carbocycles. The first kappa shape index (κ1) is 41.3. The Kier molecular flexibility index (Phi) is 12.3. The first-order valence-electron chi connectivity index (χ1n) is 20.8. The number of aryl methyl sites for hydroxylation is 1. The van der Waals surface area contributed by atoms with Crippen molar-refractivity contribution in [3.63, 3.8) is 0 Å². The van der Waals surface area contributed by atoms with Crippen LogP contribution in [-0.2, 0) is 31.9 Å². The fourth-order valence-corrected chi connectivity index (χ4v) is 8.80. The fourth-order valence-electron chi connectivity index (χ4n) is 8.80. The summed E-state index contributed by atoms with van der Waals surface area (Å²) in [4.78, 5) is 68.3. The highest BCUT2D eigenvalue weighted by Crippen LogP contribution is 2.39. The van der Waals surface area contributed by atoms with E-state index in [0.717, 1.165) is 83.4 Å². The van der Waals surface area contributed by atoms with Gasteiger partial charge in [-0.1, -0.05) is 70.2 Å². The smallest absolute Gasteiger partial charge is 0.407 e. The number of benzene rings is 2. The number of rotatable bonds is 10. The summed E-state index contributed by atoms with van der Waals surface area (Å²) in [6, 6.07) is 12.6. The predicted molar refractivity (Wildman–Crippen MR) is 220 cm³/mol. The minimum Gasteiger partial charge on any atom is -0.453 e. The molecule has 59 heavy (non-hydrogen) atoms. The maximum Gasteiger partial charge on any atom is 0.407 e. The Morgan fingerprint density at radius 2 is 1.32 bits per heavy atom. The number of carbonyl (C=O) groups is 4. The summed E-state index contributed by atoms with van der Waals surface area (Å²) in [5.74, 6) is 0.516. The number of hydrogen-bond donors (Lipinski definition) is 4. The van der Waals surface area contributed by atoms with Gasteiger partial charge in [0.05, 0.1) is 49.6 Å². The number of nitrogens with one attached hydrogen (secondary N) is 3. The zero-order valence-electron chi connectivity index (χ0n) is 34.8. The van der Waals surface area contributed by atoms with Gasteiger partial charge >= 0.3 is 12.2 Å². The van der Waals surface area contributed by atoms with Crippen LogP contribution in [0.4, 0.5) is 9.59 Å². The van der Waals surface area contributed by atoms with Crippen LogP contribution in [0.1, 0.15) is 101 Å². The monoisotopic (exact) mass is 808 g/mol. The quantitative estimate of drug-likeness (QED) is 0.125. The minimum atomic E-state index is -0.765. The Morgan fingerprint density at radius 3 is 1.93 bits per heavy atom. The molecule has 0 bridgehead atoms. The molecule has 15 heteroatoms. The van der Waals surface area contributed by atoms with Gasteiger partial charge in [0.15, 0.2) is 5.82 Å². The second kappa shape index (κ2) is 17.6. The highest BCUT2D eigenvalue weighted by atomic mass is 16.5. The molecule has 2 aromatic carbocycles. The molecule has 15 nitrogen and oxygen atoms in total. The molecule has 0 unspecified atom stereocenters. The van der Waals surface area contributed by atoms with E-state index in [4.69, 9.17) is 19.4 Å². The average Bonchev–Trinajstić information content (AvgIpc) is 4.06. The van der Waals surface area contributed by atoms with Gasteiger partial charge in [-0.2, -0.15) is 4.73 Å². The van der Waals surface area contributed by atoms with E-state index in [9.17, 15) is 24.4 Å². The van der Waals surface area contributed by atoms with Crippen molar-refractivity contribution in [1.29, 1.82) is 0 Å². The van der Waals surface area contributed by atoms with Gasteiger partial charge in [-0.25, -0.2) is 19.6 Å². The lowest BCUT2D eigenvalue weighted by molar-refractivity contribution is -0.136. The van der Waals surface area contributed by atoms with Gasteiger partial charge in [-0.3, -0.25) is 9.59 Å². The fraction of sp³-hybridized carbons (Fsp3) is 0.500. The molecule has 2 saturated heterocycles. The number of methoxy groups -OCH3 is 2. The lowest BCUT2D eigenvalue weighted by Gasteiger charge is -2.30. The van der Waals surface area contributed by atoms with Crippen molar-refractivity contribution in [2.45, 2.75) is 103 Å². The van der Waals surface area contributed by atoms with Crippen molar-refractivity contribution in [2.24, 2.45) is 11.8 Å². The summed E-state index contributed by atoms with van der Waals surface area (Å²) in [5, 5.41) is 17.0. The maximum absolute atomic E-state index is 13.8. The van der Waals surface area contributed by atoms with Crippen LogP contribution in [0.15, 0.2) is 48.7 Å². The van der Waals surface area contributed by atoms with Crippen LogP contribution in [0.2, 0.25) is 0 Å². The van der Waals surface area contributed by atoms with Crippen LogP contribution in [0.25, 0.3) is 33.6 Å². The van der Waals surface area contributed by atoms with E-state index in [0.29, 0.717) is 37.6 Å². The lowest BCUT2D eigenvalue weighted by atomic mass is 9.90. The van der Waals surface area contributed by atoms with E-state index in [1.165, 1.54) is 19.0 Å². The van der Waals surface area contributed by atoms with Crippen LogP contribution in [0.3, 0.4) is 0 Å². The molecular weight excluding hydrogens is 753 g/mol. The van der Waals surface area contributed by atoms with Gasteiger partial charge < -0.3 is 40.1 Å². The number of H-pyrrole nitrogens is 1. The van der Waals surface area contributed by atoms with E-state index in [-0.39, 0.29) is 29.7 Å². The highest BCUT2D eigenvalue weighted by Gasteiger charge is 2.40. The number of imidazole rings is 2. The predicted octanol–water partition coefficient (Wildman–Crippen LogP) is 6.81. The Balaban J connectivity index is 1.10. The summed E-state index contributed by atoms with van der Waals surface area (Å²) in [6.45, 7) is 8.65. The number of hydrogen-bond acceptors (Lipinski definition) is 9. The van der Waals surface area contributed by atoms with Crippen molar-refractivity contribution in [2.75, 3.05) is 27.3 Å². The standard InChI is InChI=1S/C44H56N8O7/c1-25(2)36(48-43(55)58-5)41(53)50-21-9-13-34(50)39-45-24-32(46-39)28-17-15-27(16-18-28)29-19-20-31-30(23-29)11-7-8-12-33-38(31)47-40(52(33)57)35-14-10-22-51(35)42(54)37(26(3)4)49-44(56)59-6/h15-20,23-26,34-37,57H,7-14,21-22H2,1-6H3,(H,45,46)(H,48,55)(H,49,56)/t34-,35-,36-,37-/m0/s1. The molecule has 4 N–H and O–H groups in total. The molecule has 0 radical (unpaired) electrons. The first-order valence-corrected chi connectivity index (χ1v) is 20.8. The number of aromatic amines is 1. The third kappa shape index (κ3) is 8.37. The summed E-state index contributed by atoms with van der Waals surface area (Å²) < 4.78 is 10.8. The van der Waals surface area contributed by atoms with Crippen LogP contribution in [-0.4, -0.2) is 98.1 Å². The van der Waals surface area contributed by atoms with Gasteiger partial charge in [-0.15, -0.1) is 0 Å². The average molecular weight is 809 g/mol. The van der Waals surface area contributed by atoms with Crippen LogP contribution in [0, 0.1) is 11.8 Å². The lowest BCUT2D eigenvalue weighted by Crippen LogP contribution is -2.51. The Bertz CT molecular complexity index is 2180. The van der Waals surface area contributed by atoms with E-state index in [2.05, 4.69) is 58.1 Å². The molecule has 3 aliphatic rings. The second-order valence-electron chi connectivity index (χ2n) is 16.5. The van der Waals surface area contributed by atoms with Gasteiger partial charge in [-0.05, 0) is 85.5 Å². The number of alkyl carbamates (subject to hydrolysis) is 2. The molecule has 4 heterocycles. The Hall–Kier alpha value is -5.86. The van der Waals surface area contributed by atoms with Crippen LogP contribution < -0.4 is 10.6 Å². The minimum absolute atomic E-state index is 0.114. The highest BCUT2D eigenvalue weighted by molar-refractivity contribution is 5.87. The molecule has 4 atom stereocenters. The number of likely N-dealkylation sites (tertiary alicyclic amines) is 2. The summed E-state index contributed by atoms with van der Waals surface area (Å²) in [7, 11) is 2.56. The molecule has 4 aromatic rings. The van der Waals surface area contributed by atoms with Gasteiger partial charge in [0.2, 0.25) is 11.8 Å². The van der Waals surface area contributed by atoms with Crippen molar-refractivity contribution >= 4 is 24.0 Å². The van der Waals surface area contributed by atoms with E-state index in [1.54, 1.807) is 16.0 Å². The zero-order valence-corrected chi connectivity index (χ0v) is 34.8. The van der Waals surface area contributed by atoms with E-state index in [1.807, 2.05) is 27.7 Å². The third-order valence-electron chi connectivity index (χ3n) is 12.0. The summed E-state index contributed by atoms with van der Waals surface area (Å²) >= 11 is 0. The van der Waals surface area contributed by atoms with Crippen molar-refractivity contribution in [3.8, 4) is 33.6 Å². The van der Waals surface area contributed by atoms with Gasteiger partial charge in [0, 0.05) is 18.7 Å². The van der Waals surface area contributed by atoms with E-state index < -0.39 is 30.3 Å². The molecule has 314 valence electrons. The molecular formula is C44H56N8O7. The zero-order chi connectivity index (χ0) is 42.0. The number of aromatic nitrogens is 4. The SMILES string of the molecule is COC(=O)N[C@H](C(=O)N1CCC[C@H]1c1ncc(-c2ccc(-c3ccc4c(c3)CCCCc3c-4nc([C@@H]4CCCN4C(=O)[C@@H](NC(=O)OC)C(C)C)n3O)cc2)[nH]1)C(C)C. The number of amides is 4. The first-order chi connectivity index (χ1) is 28.4. The molecule has 4 amide bonds. The van der Waals surface area contributed by atoms with Gasteiger partial charge in [0.1, 0.15) is 17.9 Å².